The van der Waals surface area contributed by atoms with Gasteiger partial charge in [-0.1, -0.05) is 98.5 Å². The lowest BCUT2D eigenvalue weighted by molar-refractivity contribution is -0.104. The van der Waals surface area contributed by atoms with Crippen LogP contribution in [0.4, 0.5) is 17.1 Å². The average Bonchev–Trinajstić information content (AvgIpc) is 3.06. The van der Waals surface area contributed by atoms with Crippen molar-refractivity contribution in [2.45, 2.75) is 38.5 Å². The number of hydrogen-bond donors (Lipinski definition) is 1. The average molecular weight is 571 g/mol. The molecule has 5 nitrogen and oxygen atoms in total. The van der Waals surface area contributed by atoms with Gasteiger partial charge in [0.1, 0.15) is 11.8 Å². The van der Waals surface area contributed by atoms with Gasteiger partial charge in [0.05, 0.1) is 12.2 Å². The number of anilines is 3. The van der Waals surface area contributed by atoms with Crippen LogP contribution in [0.1, 0.15) is 55.2 Å². The SMILES string of the molecule is N#C/C(C=O)=C/c1ccc(/C=C/c2ccc(N(c3ccccc3)c3ccccc3)cc2)cc1OCCCCCCCCO. The highest BCUT2D eigenvalue weighted by Crippen LogP contribution is 2.34. The standard InChI is InChI=1S/C38H38N2O3/c39-29-33(30-42)27-34-22-19-32(28-38(34)43-26-12-4-2-1-3-11-25-41)18-17-31-20-23-37(24-21-31)40(35-13-7-5-8-14-35)36-15-9-6-10-16-36/h5-10,13-24,27-28,30,41H,1-4,11-12,25-26H2/b18-17+,33-27-. The molecule has 5 heteroatoms. The zero-order valence-corrected chi connectivity index (χ0v) is 24.4. The van der Waals surface area contributed by atoms with E-state index in [9.17, 15) is 10.1 Å². The van der Waals surface area contributed by atoms with Gasteiger partial charge in [-0.25, -0.2) is 0 Å². The Labute approximate surface area is 255 Å². The zero-order chi connectivity index (χ0) is 30.1. The van der Waals surface area contributed by atoms with Gasteiger partial charge in [0.25, 0.3) is 0 Å². The van der Waals surface area contributed by atoms with Gasteiger partial charge in [0.2, 0.25) is 0 Å². The second kappa shape index (κ2) is 17.1. The molecule has 0 atom stereocenters. The molecule has 0 unspecified atom stereocenters. The lowest BCUT2D eigenvalue weighted by atomic mass is 10.1. The number of aldehydes is 1. The summed E-state index contributed by atoms with van der Waals surface area (Å²) in [6, 6.07) is 36.8. The highest BCUT2D eigenvalue weighted by atomic mass is 16.5. The topological polar surface area (TPSA) is 73.6 Å². The molecule has 1 N–H and O–H groups in total. The van der Waals surface area contributed by atoms with E-state index < -0.39 is 0 Å². The predicted octanol–water partition coefficient (Wildman–Crippen LogP) is 9.14. The van der Waals surface area contributed by atoms with Crippen LogP contribution in [0.2, 0.25) is 0 Å². The fraction of sp³-hybridized carbons (Fsp3) is 0.211. The summed E-state index contributed by atoms with van der Waals surface area (Å²) in [4.78, 5) is 13.5. The first-order valence-corrected chi connectivity index (χ1v) is 14.8. The molecular formula is C38H38N2O3. The normalized spacial score (nSPS) is 11.3. The molecule has 4 aromatic carbocycles. The van der Waals surface area contributed by atoms with E-state index in [1.807, 2.05) is 66.7 Å². The highest BCUT2D eigenvalue weighted by molar-refractivity contribution is 5.88. The molecule has 0 spiro atoms. The number of aliphatic hydroxyl groups is 1. The molecular weight excluding hydrogens is 532 g/mol. The first-order valence-electron chi connectivity index (χ1n) is 14.8. The van der Waals surface area contributed by atoms with Crippen LogP contribution in [-0.2, 0) is 4.79 Å². The van der Waals surface area contributed by atoms with E-state index in [1.165, 1.54) is 0 Å². The number of aliphatic hydroxyl groups excluding tert-OH is 1. The van der Waals surface area contributed by atoms with Gasteiger partial charge in [0, 0.05) is 29.2 Å². The summed E-state index contributed by atoms with van der Waals surface area (Å²) in [7, 11) is 0. The maximum absolute atomic E-state index is 11.3. The third-order valence-electron chi connectivity index (χ3n) is 7.06. The van der Waals surface area contributed by atoms with Crippen LogP contribution in [0.5, 0.6) is 5.75 Å². The highest BCUT2D eigenvalue weighted by Gasteiger charge is 2.11. The van der Waals surface area contributed by atoms with E-state index in [0.717, 1.165) is 66.7 Å². The molecule has 0 bridgehead atoms. The van der Waals surface area contributed by atoms with Crippen LogP contribution in [-0.4, -0.2) is 24.6 Å². The Morgan fingerprint density at radius 3 is 1.88 bits per heavy atom. The van der Waals surface area contributed by atoms with Crippen molar-refractivity contribution in [3.05, 3.63) is 125 Å². The van der Waals surface area contributed by atoms with Crippen LogP contribution in [0.15, 0.2) is 109 Å². The minimum atomic E-state index is 0.0529. The molecule has 0 amide bonds. The quantitative estimate of drug-likeness (QED) is 0.0478. The number of rotatable bonds is 16. The molecule has 4 aromatic rings. The van der Waals surface area contributed by atoms with Crippen molar-refractivity contribution in [2.24, 2.45) is 0 Å². The van der Waals surface area contributed by atoms with E-state index >= 15 is 0 Å². The van der Waals surface area contributed by atoms with E-state index in [2.05, 4.69) is 59.5 Å². The molecule has 0 radical (unpaired) electrons. The number of allylic oxidation sites excluding steroid dienone is 1. The van der Waals surface area contributed by atoms with Crippen molar-refractivity contribution in [3.63, 3.8) is 0 Å². The number of carbonyl (C=O) groups is 1. The molecule has 0 aliphatic rings. The molecule has 4 rings (SSSR count). The number of hydrogen-bond acceptors (Lipinski definition) is 5. The number of nitrogens with zero attached hydrogens (tertiary/aromatic N) is 2. The van der Waals surface area contributed by atoms with Gasteiger partial charge in [-0.15, -0.1) is 0 Å². The van der Waals surface area contributed by atoms with Crippen LogP contribution >= 0.6 is 0 Å². The van der Waals surface area contributed by atoms with E-state index in [-0.39, 0.29) is 12.2 Å². The van der Waals surface area contributed by atoms with Crippen LogP contribution in [0.3, 0.4) is 0 Å². The smallest absolute Gasteiger partial charge is 0.160 e. The van der Waals surface area contributed by atoms with E-state index in [0.29, 0.717) is 24.2 Å². The minimum absolute atomic E-state index is 0.0529. The molecule has 0 heterocycles. The molecule has 0 aliphatic carbocycles. The zero-order valence-electron chi connectivity index (χ0n) is 24.4. The first kappa shape index (κ1) is 31.0. The Morgan fingerprint density at radius 1 is 0.721 bits per heavy atom. The number of nitriles is 1. The first-order chi connectivity index (χ1) is 21.2. The van der Waals surface area contributed by atoms with Gasteiger partial charge in [-0.2, -0.15) is 5.26 Å². The second-order valence-electron chi connectivity index (χ2n) is 10.3. The van der Waals surface area contributed by atoms with Crippen LogP contribution in [0.25, 0.3) is 18.2 Å². The summed E-state index contributed by atoms with van der Waals surface area (Å²) < 4.78 is 6.12. The van der Waals surface area contributed by atoms with Crippen LogP contribution in [0, 0.1) is 11.3 Å². The Balaban J connectivity index is 1.48. The minimum Gasteiger partial charge on any atom is -0.493 e. The molecule has 0 saturated heterocycles. The number of unbranched alkanes of at least 4 members (excludes halogenated alkanes) is 5. The predicted molar refractivity (Wildman–Crippen MR) is 176 cm³/mol. The lowest BCUT2D eigenvalue weighted by Crippen LogP contribution is -2.09. The second-order valence-corrected chi connectivity index (χ2v) is 10.3. The maximum atomic E-state index is 11.3. The van der Waals surface area contributed by atoms with Gasteiger partial charge < -0.3 is 14.7 Å². The molecule has 218 valence electrons. The third-order valence-corrected chi connectivity index (χ3v) is 7.06. The van der Waals surface area contributed by atoms with Gasteiger partial charge >= 0.3 is 0 Å². The van der Waals surface area contributed by atoms with Crippen molar-refractivity contribution in [2.75, 3.05) is 18.1 Å². The van der Waals surface area contributed by atoms with Gasteiger partial charge in [0.15, 0.2) is 6.29 Å². The Hall–Kier alpha value is -4.92. The summed E-state index contributed by atoms with van der Waals surface area (Å²) in [6.45, 7) is 0.805. The van der Waals surface area contributed by atoms with Crippen molar-refractivity contribution in [1.82, 2.24) is 0 Å². The Kier molecular flexibility index (Phi) is 12.4. The van der Waals surface area contributed by atoms with Crippen molar-refractivity contribution in [1.29, 1.82) is 5.26 Å². The summed E-state index contributed by atoms with van der Waals surface area (Å²) in [5.74, 6) is 0.647. The monoisotopic (exact) mass is 570 g/mol. The van der Waals surface area contributed by atoms with Crippen molar-refractivity contribution in [3.8, 4) is 11.8 Å². The van der Waals surface area contributed by atoms with Crippen molar-refractivity contribution >= 4 is 41.6 Å². The maximum Gasteiger partial charge on any atom is 0.160 e. The third kappa shape index (κ3) is 9.56. The van der Waals surface area contributed by atoms with Gasteiger partial charge in [-0.3, -0.25) is 4.79 Å². The largest absolute Gasteiger partial charge is 0.493 e. The molecule has 0 fully saturated rings. The van der Waals surface area contributed by atoms with E-state index in [4.69, 9.17) is 9.84 Å². The van der Waals surface area contributed by atoms with Gasteiger partial charge in [-0.05, 0) is 72.5 Å². The molecule has 0 saturated carbocycles. The fourth-order valence-corrected chi connectivity index (χ4v) is 4.79. The summed E-state index contributed by atoms with van der Waals surface area (Å²) in [5.41, 5.74) is 6.03. The van der Waals surface area contributed by atoms with Crippen molar-refractivity contribution < 1.29 is 14.6 Å². The lowest BCUT2D eigenvalue weighted by Gasteiger charge is -2.25. The number of benzene rings is 4. The van der Waals surface area contributed by atoms with E-state index in [1.54, 1.807) is 6.08 Å². The number of ether oxygens (including phenoxy) is 1. The molecule has 0 aromatic heterocycles. The Bertz CT molecular complexity index is 1480. The molecule has 0 aliphatic heterocycles. The summed E-state index contributed by atoms with van der Waals surface area (Å²) >= 11 is 0. The van der Waals surface area contributed by atoms with Crippen LogP contribution < -0.4 is 9.64 Å². The summed E-state index contributed by atoms with van der Waals surface area (Å²) in [6.07, 6.45) is 12.3. The fourth-order valence-electron chi connectivity index (χ4n) is 4.79. The molecule has 43 heavy (non-hydrogen) atoms. The number of carbonyl (C=O) groups excluding carboxylic acids is 1. The Morgan fingerprint density at radius 2 is 1.28 bits per heavy atom. The summed E-state index contributed by atoms with van der Waals surface area (Å²) in [5, 5.41) is 18.2. The number of para-hydroxylation sites is 2.